The zero-order chi connectivity index (χ0) is 18.3. The van der Waals surface area contributed by atoms with E-state index in [2.05, 4.69) is 25.6 Å². The molecule has 0 aliphatic carbocycles. The van der Waals surface area contributed by atoms with Crippen molar-refractivity contribution in [3.05, 3.63) is 48.0 Å². The molecule has 1 unspecified atom stereocenters. The summed E-state index contributed by atoms with van der Waals surface area (Å²) in [5.74, 6) is -0.935. The number of hydrogen-bond acceptors (Lipinski definition) is 4. The van der Waals surface area contributed by atoms with Crippen molar-refractivity contribution in [1.82, 2.24) is 4.90 Å². The molecule has 0 aliphatic heterocycles. The molecule has 0 aromatic heterocycles. The van der Waals surface area contributed by atoms with Gasteiger partial charge in [0, 0.05) is 12.7 Å². The van der Waals surface area contributed by atoms with Crippen molar-refractivity contribution in [3.63, 3.8) is 0 Å². The van der Waals surface area contributed by atoms with Crippen molar-refractivity contribution in [2.24, 2.45) is 5.73 Å². The van der Waals surface area contributed by atoms with Crippen LogP contribution in [0.3, 0.4) is 0 Å². The highest BCUT2D eigenvalue weighted by atomic mass is 35.5. The zero-order valence-corrected chi connectivity index (χ0v) is 15.2. The van der Waals surface area contributed by atoms with Gasteiger partial charge in [-0.1, -0.05) is 48.5 Å². The SMILES string of the molecule is C=C(C)C(=O)O.CN(C)CCCN.COC(Cl)c1ccccc1. The molecular weight excluding hydrogens is 316 g/mol. The monoisotopic (exact) mass is 344 g/mol. The number of hydrogen-bond donors (Lipinski definition) is 2. The normalized spacial score (nSPS) is 10.7. The molecule has 0 saturated carbocycles. The number of nitrogens with two attached hydrogens (primary N) is 1. The van der Waals surface area contributed by atoms with Crippen LogP contribution in [0, 0.1) is 0 Å². The van der Waals surface area contributed by atoms with Gasteiger partial charge >= 0.3 is 5.97 Å². The Morgan fingerprint density at radius 1 is 1.39 bits per heavy atom. The van der Waals surface area contributed by atoms with Gasteiger partial charge in [-0.25, -0.2) is 4.79 Å². The number of ether oxygens (including phenoxy) is 1. The Balaban J connectivity index is 0. The Labute approximate surface area is 144 Å². The van der Waals surface area contributed by atoms with Crippen molar-refractivity contribution in [1.29, 1.82) is 0 Å². The van der Waals surface area contributed by atoms with Crippen LogP contribution in [0.2, 0.25) is 0 Å². The number of aliphatic carboxylic acids is 1. The molecule has 23 heavy (non-hydrogen) atoms. The summed E-state index contributed by atoms with van der Waals surface area (Å²) in [5, 5.41) is 7.89. The third-order valence-electron chi connectivity index (χ3n) is 2.44. The molecule has 1 atom stereocenters. The third-order valence-corrected chi connectivity index (χ3v) is 2.87. The molecule has 6 heteroatoms. The maximum Gasteiger partial charge on any atom is 0.330 e. The number of carboxylic acids is 1. The molecule has 132 valence electrons. The second-order valence-electron chi connectivity index (χ2n) is 4.99. The highest BCUT2D eigenvalue weighted by Gasteiger charge is 2.02. The molecule has 0 aliphatic rings. The van der Waals surface area contributed by atoms with Crippen molar-refractivity contribution in [2.45, 2.75) is 18.9 Å². The van der Waals surface area contributed by atoms with E-state index in [0.717, 1.165) is 25.1 Å². The fourth-order valence-electron chi connectivity index (χ4n) is 1.15. The zero-order valence-electron chi connectivity index (χ0n) is 14.5. The molecule has 1 aromatic rings. The van der Waals surface area contributed by atoms with Crippen LogP contribution in [0.5, 0.6) is 0 Å². The van der Waals surface area contributed by atoms with Crippen LogP contribution in [0.4, 0.5) is 0 Å². The van der Waals surface area contributed by atoms with Gasteiger partial charge in [0.25, 0.3) is 0 Å². The minimum absolute atomic E-state index is 0.176. The Morgan fingerprint density at radius 2 is 1.87 bits per heavy atom. The lowest BCUT2D eigenvalue weighted by Crippen LogP contribution is -2.16. The second-order valence-corrected chi connectivity index (χ2v) is 5.39. The molecule has 3 N–H and O–H groups in total. The lowest BCUT2D eigenvalue weighted by atomic mass is 10.2. The van der Waals surface area contributed by atoms with Gasteiger partial charge in [-0.15, -0.1) is 0 Å². The largest absolute Gasteiger partial charge is 0.478 e. The van der Waals surface area contributed by atoms with Gasteiger partial charge in [-0.2, -0.15) is 0 Å². The summed E-state index contributed by atoms with van der Waals surface area (Å²) in [6, 6.07) is 9.68. The quantitative estimate of drug-likeness (QED) is 0.612. The summed E-state index contributed by atoms with van der Waals surface area (Å²) < 4.78 is 4.90. The van der Waals surface area contributed by atoms with E-state index in [-0.39, 0.29) is 11.1 Å². The molecule has 0 fully saturated rings. The summed E-state index contributed by atoms with van der Waals surface area (Å²) in [7, 11) is 5.69. The van der Waals surface area contributed by atoms with Crippen molar-refractivity contribution < 1.29 is 14.6 Å². The molecular formula is C17H29ClN2O3. The Morgan fingerprint density at radius 3 is 2.13 bits per heavy atom. The lowest BCUT2D eigenvalue weighted by Gasteiger charge is -2.05. The topological polar surface area (TPSA) is 75.8 Å². The highest BCUT2D eigenvalue weighted by Crippen LogP contribution is 2.19. The van der Waals surface area contributed by atoms with Crippen molar-refractivity contribution in [3.8, 4) is 0 Å². The summed E-state index contributed by atoms with van der Waals surface area (Å²) in [6.07, 6.45) is 1.10. The summed E-state index contributed by atoms with van der Waals surface area (Å²) >= 11 is 5.77. The first kappa shape index (κ1) is 23.9. The fourth-order valence-corrected chi connectivity index (χ4v) is 1.29. The Bertz CT molecular complexity index is 413. The van der Waals surface area contributed by atoms with E-state index in [1.165, 1.54) is 6.92 Å². The standard InChI is InChI=1S/C8H9ClO.C5H14N2.C4H6O2/c1-10-8(9)7-5-3-2-4-6-7;1-7(2)5-3-4-6;1-3(2)4(5)6/h2-6,8H,1H3;3-6H2,1-2H3;1H2,2H3,(H,5,6). The summed E-state index contributed by atoms with van der Waals surface area (Å²) in [6.45, 7) is 6.51. The van der Waals surface area contributed by atoms with Crippen LogP contribution in [0.15, 0.2) is 42.5 Å². The van der Waals surface area contributed by atoms with Gasteiger partial charge in [0.15, 0.2) is 5.56 Å². The number of rotatable bonds is 6. The van der Waals surface area contributed by atoms with E-state index in [1.54, 1.807) is 7.11 Å². The molecule has 0 heterocycles. The van der Waals surface area contributed by atoms with Crippen LogP contribution in [0.1, 0.15) is 24.5 Å². The van der Waals surface area contributed by atoms with Crippen LogP contribution in [0.25, 0.3) is 0 Å². The number of methoxy groups -OCH3 is 1. The summed E-state index contributed by atoms with van der Waals surface area (Å²) in [4.78, 5) is 11.7. The molecule has 1 aromatic carbocycles. The number of alkyl halides is 1. The van der Waals surface area contributed by atoms with Crippen molar-refractivity contribution >= 4 is 17.6 Å². The summed E-state index contributed by atoms with van der Waals surface area (Å²) in [5.41, 5.74) is 6.10. The van der Waals surface area contributed by atoms with Crippen LogP contribution < -0.4 is 5.73 Å². The number of carbonyl (C=O) groups is 1. The van der Waals surface area contributed by atoms with Crippen molar-refractivity contribution in [2.75, 3.05) is 34.3 Å². The second kappa shape index (κ2) is 15.5. The van der Waals surface area contributed by atoms with E-state index < -0.39 is 5.97 Å². The molecule has 0 saturated heterocycles. The molecule has 0 amide bonds. The van der Waals surface area contributed by atoms with E-state index in [4.69, 9.17) is 27.2 Å². The van der Waals surface area contributed by atoms with Gasteiger partial charge in [-0.05, 0) is 46.1 Å². The smallest absolute Gasteiger partial charge is 0.330 e. The van der Waals surface area contributed by atoms with Gasteiger partial charge in [0.2, 0.25) is 0 Å². The molecule has 1 rings (SSSR count). The first-order valence-electron chi connectivity index (χ1n) is 7.21. The number of halogens is 1. The fraction of sp³-hybridized carbons (Fsp3) is 0.471. The van der Waals surface area contributed by atoms with Gasteiger partial charge in [-0.3, -0.25) is 0 Å². The van der Waals surface area contributed by atoms with Crippen LogP contribution >= 0.6 is 11.6 Å². The first-order chi connectivity index (χ1) is 10.8. The maximum absolute atomic E-state index is 9.60. The number of carboxylic acid groups (broad SMARTS) is 1. The average Bonchev–Trinajstić information content (AvgIpc) is 2.54. The van der Waals surface area contributed by atoms with E-state index >= 15 is 0 Å². The lowest BCUT2D eigenvalue weighted by molar-refractivity contribution is -0.132. The average molecular weight is 345 g/mol. The van der Waals surface area contributed by atoms with E-state index in [0.29, 0.717) is 0 Å². The van der Waals surface area contributed by atoms with E-state index in [1.807, 2.05) is 30.3 Å². The molecule has 0 radical (unpaired) electrons. The molecule has 5 nitrogen and oxygen atoms in total. The predicted octanol–water partition coefficient (Wildman–Crippen LogP) is 3.11. The van der Waals surface area contributed by atoms with Gasteiger partial charge < -0.3 is 20.5 Å². The van der Waals surface area contributed by atoms with Gasteiger partial charge in [0.1, 0.15) is 0 Å². The number of benzene rings is 1. The maximum atomic E-state index is 9.60. The Kier molecular flexibility index (Phi) is 16.1. The van der Waals surface area contributed by atoms with Crippen LogP contribution in [-0.2, 0) is 9.53 Å². The van der Waals surface area contributed by atoms with Crippen LogP contribution in [-0.4, -0.2) is 50.3 Å². The first-order valence-corrected chi connectivity index (χ1v) is 7.65. The highest BCUT2D eigenvalue weighted by molar-refractivity contribution is 6.19. The third kappa shape index (κ3) is 16.8. The van der Waals surface area contributed by atoms with Gasteiger partial charge in [0.05, 0.1) is 0 Å². The minimum atomic E-state index is -0.935. The molecule has 0 bridgehead atoms. The molecule has 0 spiro atoms. The minimum Gasteiger partial charge on any atom is -0.478 e. The Hall–Kier alpha value is -1.40. The predicted molar refractivity (Wildman–Crippen MR) is 96.7 cm³/mol. The van der Waals surface area contributed by atoms with E-state index in [9.17, 15) is 4.79 Å². The number of nitrogens with zero attached hydrogens (tertiary/aromatic N) is 1.